The molecule has 0 saturated heterocycles. The van der Waals surface area contributed by atoms with E-state index in [1.807, 2.05) is 12.4 Å². The predicted octanol–water partition coefficient (Wildman–Crippen LogP) is 3.18. The van der Waals surface area contributed by atoms with Crippen LogP contribution in [0.2, 0.25) is 0 Å². The van der Waals surface area contributed by atoms with Gasteiger partial charge < -0.3 is 5.32 Å². The summed E-state index contributed by atoms with van der Waals surface area (Å²) in [6, 6.07) is 4.89. The van der Waals surface area contributed by atoms with E-state index >= 15 is 0 Å². The summed E-state index contributed by atoms with van der Waals surface area (Å²) < 4.78 is 0. The lowest BCUT2D eigenvalue weighted by Gasteiger charge is -2.15. The molecule has 16 heavy (non-hydrogen) atoms. The highest BCUT2D eigenvalue weighted by atomic mass is 14.9. The zero-order chi connectivity index (χ0) is 11.6. The molecular formula is C14H24N2. The van der Waals surface area contributed by atoms with Gasteiger partial charge in [-0.15, -0.1) is 0 Å². The highest BCUT2D eigenvalue weighted by Gasteiger charge is 2.05. The molecule has 1 unspecified atom stereocenters. The third kappa shape index (κ3) is 5.26. The van der Waals surface area contributed by atoms with Crippen LogP contribution in [0.1, 0.15) is 44.6 Å². The molecular weight excluding hydrogens is 196 g/mol. The molecule has 90 valence electrons. The Bertz CT molecular complexity index is 259. The van der Waals surface area contributed by atoms with Gasteiger partial charge in [0.2, 0.25) is 0 Å². The van der Waals surface area contributed by atoms with E-state index in [1.165, 1.54) is 37.7 Å². The van der Waals surface area contributed by atoms with E-state index in [0.29, 0.717) is 6.04 Å². The van der Waals surface area contributed by atoms with Crippen molar-refractivity contribution in [2.75, 3.05) is 7.05 Å². The molecule has 0 amide bonds. The number of hydrogen-bond donors (Lipinski definition) is 1. The summed E-state index contributed by atoms with van der Waals surface area (Å²) in [5, 5.41) is 3.42. The zero-order valence-corrected chi connectivity index (χ0v) is 10.6. The van der Waals surface area contributed by atoms with Crippen LogP contribution >= 0.6 is 0 Å². The number of aryl methyl sites for hydroxylation is 1. The molecule has 0 bridgehead atoms. The van der Waals surface area contributed by atoms with Gasteiger partial charge in [-0.05, 0) is 44.0 Å². The molecule has 0 fully saturated rings. The highest BCUT2D eigenvalue weighted by molar-refractivity contribution is 5.09. The van der Waals surface area contributed by atoms with Gasteiger partial charge in [-0.2, -0.15) is 0 Å². The molecule has 0 aliphatic rings. The van der Waals surface area contributed by atoms with Gasteiger partial charge in [0.25, 0.3) is 0 Å². The van der Waals surface area contributed by atoms with Gasteiger partial charge in [-0.1, -0.05) is 26.2 Å². The van der Waals surface area contributed by atoms with Gasteiger partial charge >= 0.3 is 0 Å². The molecule has 0 aromatic carbocycles. The van der Waals surface area contributed by atoms with E-state index in [2.05, 4.69) is 36.4 Å². The molecule has 1 N–H and O–H groups in total. The average molecular weight is 220 g/mol. The zero-order valence-electron chi connectivity index (χ0n) is 10.6. The second-order valence-electron chi connectivity index (χ2n) is 4.38. The molecule has 0 aliphatic carbocycles. The van der Waals surface area contributed by atoms with E-state index in [4.69, 9.17) is 0 Å². The van der Waals surface area contributed by atoms with Gasteiger partial charge in [0.05, 0.1) is 0 Å². The summed E-state index contributed by atoms with van der Waals surface area (Å²) in [6.45, 7) is 2.26. The fourth-order valence-corrected chi connectivity index (χ4v) is 1.96. The highest BCUT2D eigenvalue weighted by Crippen LogP contribution is 2.10. The van der Waals surface area contributed by atoms with Crippen molar-refractivity contribution in [3.05, 3.63) is 30.1 Å². The Morgan fingerprint density at radius 3 is 2.56 bits per heavy atom. The number of pyridine rings is 1. The summed E-state index contributed by atoms with van der Waals surface area (Å²) in [4.78, 5) is 4.04. The van der Waals surface area contributed by atoms with Crippen molar-refractivity contribution in [2.24, 2.45) is 0 Å². The minimum atomic E-state index is 0.666. The first-order chi connectivity index (χ1) is 7.86. The van der Waals surface area contributed by atoms with Gasteiger partial charge in [-0.25, -0.2) is 0 Å². The second kappa shape index (κ2) is 8.28. The van der Waals surface area contributed by atoms with Crippen LogP contribution in [-0.2, 0) is 6.42 Å². The van der Waals surface area contributed by atoms with Crippen LogP contribution in [0.5, 0.6) is 0 Å². The van der Waals surface area contributed by atoms with E-state index in [0.717, 1.165) is 6.42 Å². The van der Waals surface area contributed by atoms with E-state index in [-0.39, 0.29) is 0 Å². The van der Waals surface area contributed by atoms with E-state index in [1.54, 1.807) is 0 Å². The van der Waals surface area contributed by atoms with Crippen molar-refractivity contribution in [1.29, 1.82) is 0 Å². The van der Waals surface area contributed by atoms with Crippen molar-refractivity contribution < 1.29 is 0 Å². The van der Waals surface area contributed by atoms with Gasteiger partial charge in [0, 0.05) is 18.4 Å². The molecule has 2 heteroatoms. The summed E-state index contributed by atoms with van der Waals surface area (Å²) in [7, 11) is 2.07. The Balaban J connectivity index is 2.23. The lowest BCUT2D eigenvalue weighted by molar-refractivity contribution is 0.465. The lowest BCUT2D eigenvalue weighted by atomic mass is 10.0. The molecule has 1 rings (SSSR count). The maximum Gasteiger partial charge on any atom is 0.0270 e. The minimum absolute atomic E-state index is 0.666. The third-order valence-corrected chi connectivity index (χ3v) is 3.10. The standard InChI is InChI=1S/C14H24N2/c1-3-4-5-6-14(15-2)8-7-13-9-11-16-12-10-13/h9-12,14-15H,3-8H2,1-2H3. The number of hydrogen-bond acceptors (Lipinski definition) is 2. The SMILES string of the molecule is CCCCCC(CCc1ccncc1)NC. The smallest absolute Gasteiger partial charge is 0.0270 e. The molecule has 0 aliphatic heterocycles. The Labute approximate surface area is 99.5 Å². The molecule has 1 heterocycles. The Kier molecular flexibility index (Phi) is 6.82. The summed E-state index contributed by atoms with van der Waals surface area (Å²) in [5.74, 6) is 0. The van der Waals surface area contributed by atoms with Crippen molar-refractivity contribution in [3.63, 3.8) is 0 Å². The summed E-state index contributed by atoms with van der Waals surface area (Å²) in [5.41, 5.74) is 1.39. The van der Waals surface area contributed by atoms with Gasteiger partial charge in [0.15, 0.2) is 0 Å². The van der Waals surface area contributed by atoms with Crippen LogP contribution in [0, 0.1) is 0 Å². The molecule has 0 spiro atoms. The Morgan fingerprint density at radius 2 is 1.94 bits per heavy atom. The topological polar surface area (TPSA) is 24.9 Å². The average Bonchev–Trinajstić information content (AvgIpc) is 2.35. The first-order valence-corrected chi connectivity index (χ1v) is 6.43. The Morgan fingerprint density at radius 1 is 1.19 bits per heavy atom. The van der Waals surface area contributed by atoms with Crippen molar-refractivity contribution in [1.82, 2.24) is 10.3 Å². The van der Waals surface area contributed by atoms with E-state index < -0.39 is 0 Å². The van der Waals surface area contributed by atoms with Crippen LogP contribution in [-0.4, -0.2) is 18.1 Å². The first-order valence-electron chi connectivity index (χ1n) is 6.43. The molecule has 1 aromatic heterocycles. The lowest BCUT2D eigenvalue weighted by Crippen LogP contribution is -2.25. The number of aromatic nitrogens is 1. The van der Waals surface area contributed by atoms with Crippen LogP contribution in [0.15, 0.2) is 24.5 Å². The fourth-order valence-electron chi connectivity index (χ4n) is 1.96. The number of nitrogens with one attached hydrogen (secondary N) is 1. The molecule has 1 atom stereocenters. The van der Waals surface area contributed by atoms with E-state index in [9.17, 15) is 0 Å². The monoisotopic (exact) mass is 220 g/mol. The largest absolute Gasteiger partial charge is 0.317 e. The van der Waals surface area contributed by atoms with Crippen molar-refractivity contribution >= 4 is 0 Å². The summed E-state index contributed by atoms with van der Waals surface area (Å²) >= 11 is 0. The van der Waals surface area contributed by atoms with Crippen LogP contribution < -0.4 is 5.32 Å². The van der Waals surface area contributed by atoms with Crippen molar-refractivity contribution in [3.8, 4) is 0 Å². The number of rotatable bonds is 8. The molecule has 1 aromatic rings. The van der Waals surface area contributed by atoms with Crippen molar-refractivity contribution in [2.45, 2.75) is 51.5 Å². The quantitative estimate of drug-likeness (QED) is 0.681. The first kappa shape index (κ1) is 13.2. The van der Waals surface area contributed by atoms with Crippen LogP contribution in [0.25, 0.3) is 0 Å². The number of nitrogens with zero attached hydrogens (tertiary/aromatic N) is 1. The molecule has 0 radical (unpaired) electrons. The minimum Gasteiger partial charge on any atom is -0.317 e. The molecule has 2 nitrogen and oxygen atoms in total. The third-order valence-electron chi connectivity index (χ3n) is 3.10. The van der Waals surface area contributed by atoms with Crippen LogP contribution in [0.3, 0.4) is 0 Å². The fraction of sp³-hybridized carbons (Fsp3) is 0.643. The predicted molar refractivity (Wildman–Crippen MR) is 69.5 cm³/mol. The normalized spacial score (nSPS) is 12.6. The Hall–Kier alpha value is -0.890. The summed E-state index contributed by atoms with van der Waals surface area (Å²) in [6.07, 6.45) is 11.4. The molecule has 0 saturated carbocycles. The second-order valence-corrected chi connectivity index (χ2v) is 4.38. The number of unbranched alkanes of at least 4 members (excludes halogenated alkanes) is 2. The van der Waals surface area contributed by atoms with Gasteiger partial charge in [0.1, 0.15) is 0 Å². The maximum atomic E-state index is 4.04. The maximum absolute atomic E-state index is 4.04. The van der Waals surface area contributed by atoms with Crippen LogP contribution in [0.4, 0.5) is 0 Å². The van der Waals surface area contributed by atoms with Gasteiger partial charge in [-0.3, -0.25) is 4.98 Å².